The molecule has 2 amide bonds. The van der Waals surface area contributed by atoms with Crippen molar-refractivity contribution in [1.82, 2.24) is 9.62 Å². The highest BCUT2D eigenvalue weighted by molar-refractivity contribution is 7.89. The lowest BCUT2D eigenvalue weighted by molar-refractivity contribution is 0.245. The number of carbonyl (C=O) groups is 1. The van der Waals surface area contributed by atoms with Crippen LogP contribution in [0, 0.1) is 12.8 Å². The second kappa shape index (κ2) is 8.46. The number of sulfonamides is 1. The molecule has 0 saturated heterocycles. The lowest BCUT2D eigenvalue weighted by Gasteiger charge is -2.21. The summed E-state index contributed by atoms with van der Waals surface area (Å²) in [6.07, 6.45) is 0.600. The van der Waals surface area contributed by atoms with Crippen LogP contribution in [0.1, 0.15) is 36.6 Å². The predicted octanol–water partition coefficient (Wildman–Crippen LogP) is 2.78. The van der Waals surface area contributed by atoms with Crippen molar-refractivity contribution in [2.75, 3.05) is 24.5 Å². The van der Waals surface area contributed by atoms with Crippen LogP contribution >= 0.6 is 0 Å². The number of nitrogens with one attached hydrogen (secondary N) is 1. The Labute approximate surface area is 189 Å². The number of benzene rings is 2. The van der Waals surface area contributed by atoms with Crippen LogP contribution in [0.3, 0.4) is 0 Å². The van der Waals surface area contributed by atoms with Gasteiger partial charge >= 0.3 is 6.03 Å². The van der Waals surface area contributed by atoms with Gasteiger partial charge < -0.3 is 11.1 Å². The van der Waals surface area contributed by atoms with E-state index in [9.17, 15) is 13.2 Å². The number of urea groups is 1. The van der Waals surface area contributed by atoms with Crippen LogP contribution in [-0.2, 0) is 16.4 Å². The van der Waals surface area contributed by atoms with E-state index in [0.717, 1.165) is 22.4 Å². The summed E-state index contributed by atoms with van der Waals surface area (Å²) < 4.78 is 27.9. The highest BCUT2D eigenvalue weighted by atomic mass is 32.2. The number of hydrogen-bond donors (Lipinski definition) is 2. The van der Waals surface area contributed by atoms with Gasteiger partial charge in [-0.3, -0.25) is 4.90 Å². The second-order valence-corrected chi connectivity index (χ2v) is 10.5. The molecule has 0 spiro atoms. The number of anilines is 1. The molecule has 1 unspecified atom stereocenters. The van der Waals surface area contributed by atoms with Gasteiger partial charge in [-0.05, 0) is 54.2 Å². The summed E-state index contributed by atoms with van der Waals surface area (Å²) in [6, 6.07) is 12.2. The quantitative estimate of drug-likeness (QED) is 0.723. The van der Waals surface area contributed by atoms with Crippen LogP contribution in [-0.4, -0.2) is 44.3 Å². The monoisotopic (exact) mass is 455 g/mol. The number of guanidine groups is 1. The van der Waals surface area contributed by atoms with Crippen molar-refractivity contribution in [3.8, 4) is 0 Å². The maximum Gasteiger partial charge on any atom is 0.321 e. The topological polar surface area (TPSA) is 108 Å². The zero-order chi connectivity index (χ0) is 23.0. The Morgan fingerprint density at radius 2 is 2.00 bits per heavy atom. The SMILES string of the molecule is Cc1ccccc1C1CN(S(=O)(=O)c2ccc3c(c2)CCN3C(=O)NCC(C)C)C(N)=N1. The van der Waals surface area contributed by atoms with Gasteiger partial charge in [-0.15, -0.1) is 0 Å². The fourth-order valence-corrected chi connectivity index (χ4v) is 5.55. The normalized spacial score (nSPS) is 18.1. The summed E-state index contributed by atoms with van der Waals surface area (Å²) in [5, 5.41) is 2.91. The van der Waals surface area contributed by atoms with E-state index in [1.165, 1.54) is 10.4 Å². The molecule has 3 N–H and O–H groups in total. The first-order chi connectivity index (χ1) is 15.2. The molecule has 4 rings (SSSR count). The first-order valence-corrected chi connectivity index (χ1v) is 12.2. The van der Waals surface area contributed by atoms with E-state index in [2.05, 4.69) is 10.3 Å². The number of amides is 2. The number of aryl methyl sites for hydroxylation is 1. The molecule has 170 valence electrons. The minimum Gasteiger partial charge on any atom is -0.369 e. The predicted molar refractivity (Wildman–Crippen MR) is 125 cm³/mol. The maximum absolute atomic E-state index is 13.4. The number of nitrogens with zero attached hydrogens (tertiary/aromatic N) is 3. The summed E-state index contributed by atoms with van der Waals surface area (Å²) in [7, 11) is -3.86. The number of rotatable bonds is 5. The average Bonchev–Trinajstić information content (AvgIpc) is 3.35. The van der Waals surface area contributed by atoms with Crippen molar-refractivity contribution < 1.29 is 13.2 Å². The summed E-state index contributed by atoms with van der Waals surface area (Å²) in [5.41, 5.74) is 9.63. The largest absolute Gasteiger partial charge is 0.369 e. The van der Waals surface area contributed by atoms with E-state index in [1.807, 2.05) is 45.0 Å². The first-order valence-electron chi connectivity index (χ1n) is 10.8. The molecule has 0 aromatic heterocycles. The molecule has 0 aliphatic carbocycles. The van der Waals surface area contributed by atoms with Gasteiger partial charge in [-0.25, -0.2) is 22.5 Å². The zero-order valence-electron chi connectivity index (χ0n) is 18.6. The third-order valence-corrected chi connectivity index (χ3v) is 7.64. The Kier molecular flexibility index (Phi) is 5.85. The lowest BCUT2D eigenvalue weighted by Crippen LogP contribution is -2.40. The van der Waals surface area contributed by atoms with E-state index < -0.39 is 10.0 Å². The smallest absolute Gasteiger partial charge is 0.321 e. The molecule has 9 heteroatoms. The van der Waals surface area contributed by atoms with Gasteiger partial charge in [0.2, 0.25) is 5.96 Å². The molecular formula is C23H29N5O3S. The second-order valence-electron chi connectivity index (χ2n) is 8.67. The number of aliphatic imine (C=N–C) groups is 1. The molecular weight excluding hydrogens is 426 g/mol. The lowest BCUT2D eigenvalue weighted by atomic mass is 10.0. The maximum atomic E-state index is 13.4. The minimum atomic E-state index is -3.86. The van der Waals surface area contributed by atoms with Crippen molar-refractivity contribution >= 4 is 27.7 Å². The number of carbonyl (C=O) groups excluding carboxylic acids is 1. The zero-order valence-corrected chi connectivity index (χ0v) is 19.4. The van der Waals surface area contributed by atoms with Crippen LogP contribution in [0.15, 0.2) is 52.4 Å². The number of hydrogen-bond acceptors (Lipinski definition) is 5. The summed E-state index contributed by atoms with van der Waals surface area (Å²) in [6.45, 7) is 7.32. The van der Waals surface area contributed by atoms with E-state index in [1.54, 1.807) is 17.0 Å². The molecule has 2 aromatic carbocycles. The van der Waals surface area contributed by atoms with Gasteiger partial charge in [0.25, 0.3) is 10.0 Å². The molecule has 2 aromatic rings. The molecule has 0 fully saturated rings. The Morgan fingerprint density at radius 1 is 1.25 bits per heavy atom. The Bertz CT molecular complexity index is 1180. The summed E-state index contributed by atoms with van der Waals surface area (Å²) in [4.78, 5) is 18.7. The van der Waals surface area contributed by atoms with Crippen LogP contribution in [0.5, 0.6) is 0 Å². The van der Waals surface area contributed by atoms with E-state index in [4.69, 9.17) is 5.73 Å². The van der Waals surface area contributed by atoms with Gasteiger partial charge in [-0.1, -0.05) is 38.1 Å². The minimum absolute atomic E-state index is 0.00607. The van der Waals surface area contributed by atoms with Crippen molar-refractivity contribution in [2.45, 2.75) is 38.1 Å². The van der Waals surface area contributed by atoms with Crippen molar-refractivity contribution in [3.05, 3.63) is 59.2 Å². The molecule has 8 nitrogen and oxygen atoms in total. The Morgan fingerprint density at radius 3 is 2.72 bits per heavy atom. The van der Waals surface area contributed by atoms with Gasteiger partial charge in [0.1, 0.15) is 0 Å². The summed E-state index contributed by atoms with van der Waals surface area (Å²) >= 11 is 0. The third kappa shape index (κ3) is 4.04. The molecule has 1 atom stereocenters. The van der Waals surface area contributed by atoms with Gasteiger partial charge in [0, 0.05) is 18.8 Å². The third-order valence-electron chi connectivity index (χ3n) is 5.87. The molecule has 2 heterocycles. The Hall–Kier alpha value is -3.07. The number of fused-ring (bicyclic) bond motifs is 1. The standard InChI is InChI=1S/C23H29N5O3S/c1-15(2)13-25-23(29)27-11-10-17-12-18(8-9-21(17)27)32(30,31)28-14-20(26-22(28)24)19-7-5-4-6-16(19)3/h4-9,12,15,20H,10-11,13-14H2,1-3H3,(H2,24,26)(H,25,29). The van der Waals surface area contributed by atoms with Crippen molar-refractivity contribution in [1.29, 1.82) is 0 Å². The highest BCUT2D eigenvalue weighted by Gasteiger charge is 2.36. The number of nitrogens with two attached hydrogens (primary N) is 1. The highest BCUT2D eigenvalue weighted by Crippen LogP contribution is 2.34. The Balaban J connectivity index is 1.55. The van der Waals surface area contributed by atoms with Gasteiger partial charge in [-0.2, -0.15) is 0 Å². The van der Waals surface area contributed by atoms with Gasteiger partial charge in [0.05, 0.1) is 17.5 Å². The van der Waals surface area contributed by atoms with Crippen molar-refractivity contribution in [3.63, 3.8) is 0 Å². The van der Waals surface area contributed by atoms with Crippen LogP contribution in [0.2, 0.25) is 0 Å². The fraction of sp³-hybridized carbons (Fsp3) is 0.391. The van der Waals surface area contributed by atoms with Crippen molar-refractivity contribution in [2.24, 2.45) is 16.6 Å². The molecule has 32 heavy (non-hydrogen) atoms. The molecule has 2 aliphatic heterocycles. The van der Waals surface area contributed by atoms with Crippen LogP contribution in [0.4, 0.5) is 10.5 Å². The van der Waals surface area contributed by atoms with E-state index in [0.29, 0.717) is 25.4 Å². The van der Waals surface area contributed by atoms with Crippen LogP contribution < -0.4 is 16.0 Å². The summed E-state index contributed by atoms with van der Waals surface area (Å²) in [5.74, 6) is 0.345. The molecule has 2 aliphatic rings. The molecule has 0 radical (unpaired) electrons. The van der Waals surface area contributed by atoms with Crippen LogP contribution in [0.25, 0.3) is 0 Å². The fourth-order valence-electron chi connectivity index (χ4n) is 4.13. The van der Waals surface area contributed by atoms with Gasteiger partial charge in [0.15, 0.2) is 0 Å². The first kappa shape index (κ1) is 22.1. The molecule has 0 saturated carbocycles. The average molecular weight is 456 g/mol. The van der Waals surface area contributed by atoms with E-state index in [-0.39, 0.29) is 29.5 Å². The molecule has 0 bridgehead atoms. The van der Waals surface area contributed by atoms with E-state index >= 15 is 0 Å².